The van der Waals surface area contributed by atoms with Crippen molar-refractivity contribution >= 4 is 22.6 Å². The van der Waals surface area contributed by atoms with Gasteiger partial charge < -0.3 is 0 Å². The summed E-state index contributed by atoms with van der Waals surface area (Å²) in [7, 11) is 0. The van der Waals surface area contributed by atoms with E-state index in [1.54, 1.807) is 0 Å². The maximum atomic E-state index is 2.43. The van der Waals surface area contributed by atoms with Crippen LogP contribution in [-0.2, 0) is 0 Å². The van der Waals surface area contributed by atoms with E-state index < -0.39 is 0 Å². The first-order valence-corrected chi connectivity index (χ1v) is 4.93. The highest BCUT2D eigenvalue weighted by atomic mass is 127. The van der Waals surface area contributed by atoms with Crippen LogP contribution in [0.3, 0.4) is 0 Å². The Labute approximate surface area is 71.9 Å². The van der Waals surface area contributed by atoms with Crippen molar-refractivity contribution in [1.29, 1.82) is 0 Å². The van der Waals surface area contributed by atoms with Crippen LogP contribution >= 0.6 is 22.6 Å². The zero-order valence-corrected chi connectivity index (χ0v) is 8.55. The Morgan fingerprint density at radius 1 is 1.44 bits per heavy atom. The third-order valence-electron chi connectivity index (χ3n) is 1.64. The van der Waals surface area contributed by atoms with Gasteiger partial charge in [-0.05, 0) is 18.8 Å². The summed E-state index contributed by atoms with van der Waals surface area (Å²) in [4.78, 5) is 0. The highest BCUT2D eigenvalue weighted by molar-refractivity contribution is 14.1. The quantitative estimate of drug-likeness (QED) is 0.402. The molecule has 0 spiro atoms. The minimum absolute atomic E-state index is 0.742. The molecule has 0 fully saturated rings. The van der Waals surface area contributed by atoms with Gasteiger partial charge in [-0.2, -0.15) is 0 Å². The zero-order valence-electron chi connectivity index (χ0n) is 6.39. The van der Waals surface area contributed by atoms with Gasteiger partial charge in [-0.25, -0.2) is 0 Å². The lowest BCUT2D eigenvalue weighted by Crippen LogP contribution is -2.05. The minimum atomic E-state index is 0.742. The van der Waals surface area contributed by atoms with Crippen LogP contribution < -0.4 is 0 Å². The second-order valence-corrected chi connectivity index (χ2v) is 3.40. The van der Waals surface area contributed by atoms with Gasteiger partial charge >= 0.3 is 0 Å². The summed E-state index contributed by atoms with van der Waals surface area (Å²) in [6.45, 7) is 6.64. The molecule has 0 aromatic heterocycles. The summed E-state index contributed by atoms with van der Waals surface area (Å²) in [5.41, 5.74) is 0. The Morgan fingerprint density at radius 2 is 2.00 bits per heavy atom. The summed E-state index contributed by atoms with van der Waals surface area (Å²) in [6, 6.07) is 0. The summed E-state index contributed by atoms with van der Waals surface area (Å²) < 4.78 is 1.25. The number of halogens is 1. The van der Waals surface area contributed by atoms with Crippen molar-refractivity contribution in [3.05, 3.63) is 12.2 Å². The first-order valence-electron chi connectivity index (χ1n) is 3.41. The Balaban J connectivity index is 3.58. The molecule has 0 aromatic rings. The van der Waals surface area contributed by atoms with Crippen LogP contribution in [0.15, 0.2) is 12.2 Å². The monoisotopic (exact) mass is 238 g/mol. The lowest BCUT2D eigenvalue weighted by Gasteiger charge is -2.11. The summed E-state index contributed by atoms with van der Waals surface area (Å²) in [6.07, 6.45) is 4.40. The van der Waals surface area contributed by atoms with E-state index >= 15 is 0 Å². The van der Waals surface area contributed by atoms with Gasteiger partial charge in [-0.1, -0.05) is 48.6 Å². The molecule has 0 N–H and O–H groups in total. The van der Waals surface area contributed by atoms with Crippen LogP contribution in [0, 0.1) is 11.8 Å². The standard InChI is InChI=1S/C8H15I/c1-4-5-7(2)8(3)6-9/h4-5,7-8H,6H2,1-3H3. The predicted octanol–water partition coefficient (Wildman–Crippen LogP) is 3.27. The number of hydrogen-bond donors (Lipinski definition) is 0. The van der Waals surface area contributed by atoms with E-state index in [2.05, 4.69) is 55.5 Å². The summed E-state index contributed by atoms with van der Waals surface area (Å²) in [5, 5.41) is 0. The van der Waals surface area contributed by atoms with E-state index in [0.29, 0.717) is 0 Å². The summed E-state index contributed by atoms with van der Waals surface area (Å²) in [5.74, 6) is 1.56. The maximum Gasteiger partial charge on any atom is 0.00265 e. The second kappa shape index (κ2) is 5.27. The third-order valence-corrected chi connectivity index (χ3v) is 3.03. The molecule has 0 bridgehead atoms. The topological polar surface area (TPSA) is 0 Å². The Bertz CT molecular complexity index is 86.6. The van der Waals surface area contributed by atoms with Crippen LogP contribution in [0.25, 0.3) is 0 Å². The Hall–Kier alpha value is 0.470. The Kier molecular flexibility index (Phi) is 5.55. The first kappa shape index (κ1) is 9.47. The molecule has 0 saturated heterocycles. The second-order valence-electron chi connectivity index (χ2n) is 2.52. The van der Waals surface area contributed by atoms with Crippen molar-refractivity contribution < 1.29 is 0 Å². The number of hydrogen-bond acceptors (Lipinski definition) is 0. The highest BCUT2D eigenvalue weighted by Gasteiger charge is 2.05. The molecule has 0 saturated carbocycles. The van der Waals surface area contributed by atoms with Crippen molar-refractivity contribution in [2.24, 2.45) is 11.8 Å². The van der Waals surface area contributed by atoms with Gasteiger partial charge in [0.2, 0.25) is 0 Å². The molecular formula is C8H15I. The Morgan fingerprint density at radius 3 is 2.33 bits per heavy atom. The van der Waals surface area contributed by atoms with E-state index in [4.69, 9.17) is 0 Å². The largest absolute Gasteiger partial charge is 0.0914 e. The number of allylic oxidation sites excluding steroid dienone is 2. The average Bonchev–Trinajstić information content (AvgIpc) is 1.87. The van der Waals surface area contributed by atoms with Crippen molar-refractivity contribution in [2.75, 3.05) is 4.43 Å². The van der Waals surface area contributed by atoms with Gasteiger partial charge in [0.25, 0.3) is 0 Å². The van der Waals surface area contributed by atoms with Crippen molar-refractivity contribution in [3.63, 3.8) is 0 Å². The normalized spacial score (nSPS) is 18.2. The SMILES string of the molecule is CC=CC(C)C(C)CI. The lowest BCUT2D eigenvalue weighted by molar-refractivity contribution is 0.519. The molecule has 0 heterocycles. The predicted molar refractivity (Wildman–Crippen MR) is 52.0 cm³/mol. The molecule has 0 radical (unpaired) electrons. The molecule has 9 heavy (non-hydrogen) atoms. The molecule has 0 aliphatic carbocycles. The van der Waals surface area contributed by atoms with Crippen molar-refractivity contribution in [2.45, 2.75) is 20.8 Å². The third kappa shape index (κ3) is 3.95. The molecule has 1 heteroatoms. The van der Waals surface area contributed by atoms with E-state index in [1.165, 1.54) is 4.43 Å². The van der Waals surface area contributed by atoms with Gasteiger partial charge in [0.1, 0.15) is 0 Å². The molecular weight excluding hydrogens is 223 g/mol. The van der Waals surface area contributed by atoms with E-state index in [9.17, 15) is 0 Å². The molecule has 0 aliphatic rings. The van der Waals surface area contributed by atoms with E-state index in [1.807, 2.05) is 0 Å². The first-order chi connectivity index (χ1) is 4.22. The van der Waals surface area contributed by atoms with Crippen LogP contribution in [0.5, 0.6) is 0 Å². The molecule has 0 aromatic carbocycles. The highest BCUT2D eigenvalue weighted by Crippen LogP contribution is 2.14. The van der Waals surface area contributed by atoms with Crippen LogP contribution in [0.2, 0.25) is 0 Å². The molecule has 0 rings (SSSR count). The molecule has 2 atom stereocenters. The van der Waals surface area contributed by atoms with Gasteiger partial charge in [0.05, 0.1) is 0 Å². The van der Waals surface area contributed by atoms with Gasteiger partial charge in [0.15, 0.2) is 0 Å². The number of rotatable bonds is 3. The van der Waals surface area contributed by atoms with E-state index in [0.717, 1.165) is 11.8 Å². The van der Waals surface area contributed by atoms with Gasteiger partial charge in [-0.3, -0.25) is 0 Å². The minimum Gasteiger partial charge on any atom is -0.0914 e. The van der Waals surface area contributed by atoms with Crippen molar-refractivity contribution in [3.8, 4) is 0 Å². The summed E-state index contributed by atoms with van der Waals surface area (Å²) >= 11 is 2.43. The van der Waals surface area contributed by atoms with Gasteiger partial charge in [-0.15, -0.1) is 0 Å². The van der Waals surface area contributed by atoms with Crippen LogP contribution in [0.4, 0.5) is 0 Å². The molecule has 54 valence electrons. The van der Waals surface area contributed by atoms with Crippen LogP contribution in [-0.4, -0.2) is 4.43 Å². The molecule has 0 aliphatic heterocycles. The average molecular weight is 238 g/mol. The van der Waals surface area contributed by atoms with E-state index in [-0.39, 0.29) is 0 Å². The van der Waals surface area contributed by atoms with Crippen molar-refractivity contribution in [1.82, 2.24) is 0 Å². The molecule has 0 nitrogen and oxygen atoms in total. The number of alkyl halides is 1. The zero-order chi connectivity index (χ0) is 7.28. The van der Waals surface area contributed by atoms with Gasteiger partial charge in [0, 0.05) is 4.43 Å². The van der Waals surface area contributed by atoms with Crippen LogP contribution in [0.1, 0.15) is 20.8 Å². The molecule has 2 unspecified atom stereocenters. The fourth-order valence-corrected chi connectivity index (χ4v) is 1.44. The maximum absolute atomic E-state index is 2.43. The fraction of sp³-hybridized carbons (Fsp3) is 0.750. The molecule has 0 amide bonds. The fourth-order valence-electron chi connectivity index (χ4n) is 0.634. The lowest BCUT2D eigenvalue weighted by atomic mass is 9.98. The smallest absolute Gasteiger partial charge is 0.00265 e.